The van der Waals surface area contributed by atoms with Crippen LogP contribution in [0.15, 0.2) is 42.5 Å². The number of benzene rings is 2. The van der Waals surface area contributed by atoms with Crippen LogP contribution in [-0.2, 0) is 16.1 Å². The number of anilines is 1. The van der Waals surface area contributed by atoms with Gasteiger partial charge >= 0.3 is 0 Å². The lowest BCUT2D eigenvalue weighted by molar-refractivity contribution is -0.126. The van der Waals surface area contributed by atoms with Crippen molar-refractivity contribution in [1.29, 1.82) is 0 Å². The topological polar surface area (TPSA) is 85.9 Å². The number of ether oxygens (including phenoxy) is 3. The quantitative estimate of drug-likeness (QED) is 0.708. The van der Waals surface area contributed by atoms with Crippen LogP contribution in [0.3, 0.4) is 0 Å². The van der Waals surface area contributed by atoms with Crippen LogP contribution in [-0.4, -0.2) is 33.1 Å². The van der Waals surface area contributed by atoms with Gasteiger partial charge in [0.2, 0.25) is 11.8 Å². The first kappa shape index (κ1) is 19.1. The van der Waals surface area contributed by atoms with Crippen LogP contribution in [0.1, 0.15) is 12.0 Å². The van der Waals surface area contributed by atoms with Crippen molar-refractivity contribution in [2.45, 2.75) is 13.0 Å². The number of hydrogen-bond acceptors (Lipinski definition) is 5. The Labute approximate surface area is 152 Å². The summed E-state index contributed by atoms with van der Waals surface area (Å²) >= 11 is 0. The molecule has 0 bridgehead atoms. The number of hydrogen-bond donors (Lipinski definition) is 2. The lowest BCUT2D eigenvalue weighted by Gasteiger charge is -2.10. The van der Waals surface area contributed by atoms with Gasteiger partial charge in [0, 0.05) is 12.2 Å². The van der Waals surface area contributed by atoms with Crippen LogP contribution in [0.5, 0.6) is 17.2 Å². The molecule has 2 rings (SSSR count). The predicted octanol–water partition coefficient (Wildman–Crippen LogP) is 2.36. The van der Waals surface area contributed by atoms with Gasteiger partial charge in [0.05, 0.1) is 21.3 Å². The van der Waals surface area contributed by atoms with Crippen molar-refractivity contribution < 1.29 is 23.8 Å². The minimum atomic E-state index is -0.389. The zero-order chi connectivity index (χ0) is 18.9. The summed E-state index contributed by atoms with van der Waals surface area (Å²) in [6.07, 6.45) is -0.265. The molecule has 0 saturated heterocycles. The lowest BCUT2D eigenvalue weighted by atomic mass is 10.2. The van der Waals surface area contributed by atoms with Gasteiger partial charge in [-0.25, -0.2) is 0 Å². The minimum absolute atomic E-state index is 0.265. The van der Waals surface area contributed by atoms with Crippen molar-refractivity contribution in [2.75, 3.05) is 26.6 Å². The Bertz CT molecular complexity index is 759. The van der Waals surface area contributed by atoms with E-state index in [1.54, 1.807) is 57.7 Å². The minimum Gasteiger partial charge on any atom is -0.497 e. The largest absolute Gasteiger partial charge is 0.497 e. The second-order valence-electron chi connectivity index (χ2n) is 5.42. The molecule has 7 heteroatoms. The Morgan fingerprint density at radius 3 is 2.15 bits per heavy atom. The SMILES string of the molecule is COc1ccc(NC(=O)CC(=O)NCc2ccc(OC)c(OC)c2)cc1. The van der Waals surface area contributed by atoms with Gasteiger partial charge < -0.3 is 24.8 Å². The molecule has 0 radical (unpaired) electrons. The number of carbonyl (C=O) groups is 2. The van der Waals surface area contributed by atoms with Crippen LogP contribution in [0, 0.1) is 0 Å². The molecule has 2 amide bonds. The maximum Gasteiger partial charge on any atom is 0.233 e. The van der Waals surface area contributed by atoms with Crippen molar-refractivity contribution in [3.8, 4) is 17.2 Å². The van der Waals surface area contributed by atoms with Gasteiger partial charge in [-0.15, -0.1) is 0 Å². The number of amides is 2. The summed E-state index contributed by atoms with van der Waals surface area (Å²) in [5.74, 6) is 1.12. The summed E-state index contributed by atoms with van der Waals surface area (Å²) in [6.45, 7) is 0.287. The monoisotopic (exact) mass is 358 g/mol. The predicted molar refractivity (Wildman–Crippen MR) is 97.6 cm³/mol. The highest BCUT2D eigenvalue weighted by Gasteiger charge is 2.11. The molecule has 0 saturated carbocycles. The molecule has 0 aliphatic rings. The van der Waals surface area contributed by atoms with Crippen molar-refractivity contribution >= 4 is 17.5 Å². The average molecular weight is 358 g/mol. The summed E-state index contributed by atoms with van der Waals surface area (Å²) < 4.78 is 15.4. The average Bonchev–Trinajstić information content (AvgIpc) is 2.66. The third-order valence-corrected chi connectivity index (χ3v) is 3.63. The molecular weight excluding hydrogens is 336 g/mol. The molecule has 0 fully saturated rings. The van der Waals surface area contributed by atoms with Crippen molar-refractivity contribution in [3.63, 3.8) is 0 Å². The maximum absolute atomic E-state index is 11.9. The summed E-state index contributed by atoms with van der Waals surface area (Å²) in [6, 6.07) is 12.2. The maximum atomic E-state index is 11.9. The number of rotatable bonds is 8. The van der Waals surface area contributed by atoms with E-state index in [-0.39, 0.29) is 24.8 Å². The van der Waals surface area contributed by atoms with E-state index in [1.165, 1.54) is 0 Å². The van der Waals surface area contributed by atoms with Gasteiger partial charge in [0.1, 0.15) is 12.2 Å². The smallest absolute Gasteiger partial charge is 0.233 e. The standard InChI is InChI=1S/C19H22N2O5/c1-24-15-7-5-14(6-8-15)21-19(23)11-18(22)20-12-13-4-9-16(25-2)17(10-13)26-3/h4-10H,11-12H2,1-3H3,(H,20,22)(H,21,23). The highest BCUT2D eigenvalue weighted by Crippen LogP contribution is 2.27. The molecule has 0 atom stereocenters. The van der Waals surface area contributed by atoms with Crippen LogP contribution < -0.4 is 24.8 Å². The molecule has 0 aromatic heterocycles. The Hall–Kier alpha value is -3.22. The summed E-state index contributed by atoms with van der Waals surface area (Å²) in [5, 5.41) is 5.37. The Morgan fingerprint density at radius 1 is 0.846 bits per heavy atom. The molecule has 0 heterocycles. The molecule has 0 aliphatic carbocycles. The van der Waals surface area contributed by atoms with E-state index in [0.717, 1.165) is 5.56 Å². The van der Waals surface area contributed by atoms with E-state index in [9.17, 15) is 9.59 Å². The van der Waals surface area contributed by atoms with E-state index in [4.69, 9.17) is 14.2 Å². The highest BCUT2D eigenvalue weighted by atomic mass is 16.5. The van der Waals surface area contributed by atoms with Gasteiger partial charge in [-0.1, -0.05) is 6.07 Å². The van der Waals surface area contributed by atoms with Gasteiger partial charge in [-0.05, 0) is 42.0 Å². The van der Waals surface area contributed by atoms with Crippen molar-refractivity contribution in [2.24, 2.45) is 0 Å². The molecule has 0 unspecified atom stereocenters. The second kappa shape index (κ2) is 9.31. The molecule has 2 N–H and O–H groups in total. The molecule has 7 nitrogen and oxygen atoms in total. The van der Waals surface area contributed by atoms with E-state index >= 15 is 0 Å². The Morgan fingerprint density at radius 2 is 1.54 bits per heavy atom. The van der Waals surface area contributed by atoms with Crippen LogP contribution in [0.25, 0.3) is 0 Å². The molecule has 2 aromatic carbocycles. The highest BCUT2D eigenvalue weighted by molar-refractivity contribution is 6.03. The third kappa shape index (κ3) is 5.41. The Balaban J connectivity index is 1.83. The zero-order valence-corrected chi connectivity index (χ0v) is 15.0. The number of carbonyl (C=O) groups excluding carboxylic acids is 2. The van der Waals surface area contributed by atoms with Gasteiger partial charge in [0.15, 0.2) is 11.5 Å². The number of nitrogens with one attached hydrogen (secondary N) is 2. The summed E-state index contributed by atoms with van der Waals surface area (Å²) in [4.78, 5) is 23.9. The van der Waals surface area contributed by atoms with E-state index in [0.29, 0.717) is 22.9 Å². The fraction of sp³-hybridized carbons (Fsp3) is 0.263. The van der Waals surface area contributed by atoms with E-state index < -0.39 is 0 Å². The van der Waals surface area contributed by atoms with Crippen LogP contribution in [0.4, 0.5) is 5.69 Å². The van der Waals surface area contributed by atoms with Gasteiger partial charge in [0.25, 0.3) is 0 Å². The van der Waals surface area contributed by atoms with Gasteiger partial charge in [-0.2, -0.15) is 0 Å². The molecule has 26 heavy (non-hydrogen) atoms. The summed E-state index contributed by atoms with van der Waals surface area (Å²) in [7, 11) is 4.67. The van der Waals surface area contributed by atoms with Crippen molar-refractivity contribution in [1.82, 2.24) is 5.32 Å². The first-order valence-corrected chi connectivity index (χ1v) is 7.97. The first-order valence-electron chi connectivity index (χ1n) is 7.97. The molecule has 0 spiro atoms. The molecule has 2 aromatic rings. The fourth-order valence-electron chi connectivity index (χ4n) is 2.28. The first-order chi connectivity index (χ1) is 12.5. The molecule has 138 valence electrons. The van der Waals surface area contributed by atoms with E-state index in [2.05, 4.69) is 10.6 Å². The number of methoxy groups -OCH3 is 3. The van der Waals surface area contributed by atoms with Crippen LogP contribution >= 0.6 is 0 Å². The van der Waals surface area contributed by atoms with E-state index in [1.807, 2.05) is 6.07 Å². The second-order valence-corrected chi connectivity index (χ2v) is 5.42. The van der Waals surface area contributed by atoms with Crippen molar-refractivity contribution in [3.05, 3.63) is 48.0 Å². The summed E-state index contributed by atoms with van der Waals surface area (Å²) in [5.41, 5.74) is 1.44. The zero-order valence-electron chi connectivity index (χ0n) is 15.0. The van der Waals surface area contributed by atoms with Gasteiger partial charge in [-0.3, -0.25) is 9.59 Å². The normalized spacial score (nSPS) is 9.96. The Kier molecular flexibility index (Phi) is 6.84. The fourth-order valence-corrected chi connectivity index (χ4v) is 2.28. The van der Waals surface area contributed by atoms with Crippen LogP contribution in [0.2, 0.25) is 0 Å². The third-order valence-electron chi connectivity index (χ3n) is 3.63. The lowest BCUT2D eigenvalue weighted by Crippen LogP contribution is -2.27. The molecule has 0 aliphatic heterocycles. The molecular formula is C19H22N2O5.